The molecule has 0 aliphatic carbocycles. The van der Waals surface area contributed by atoms with E-state index < -0.39 is 0 Å². The normalized spacial score (nSPS) is 16.2. The van der Waals surface area contributed by atoms with Gasteiger partial charge in [0.1, 0.15) is 6.54 Å². The summed E-state index contributed by atoms with van der Waals surface area (Å²) in [6.45, 7) is 4.22. The van der Waals surface area contributed by atoms with Gasteiger partial charge in [0.15, 0.2) is 0 Å². The van der Waals surface area contributed by atoms with Crippen LogP contribution >= 0.6 is 0 Å². The van der Waals surface area contributed by atoms with Gasteiger partial charge in [-0.15, -0.1) is 0 Å². The minimum atomic E-state index is -0.287. The first-order valence-corrected chi connectivity index (χ1v) is 4.90. The molecule has 5 heteroatoms. The van der Waals surface area contributed by atoms with Crippen LogP contribution in [0, 0.1) is 0 Å². The van der Waals surface area contributed by atoms with E-state index in [9.17, 15) is 9.59 Å². The monoisotopic (exact) mass is 200 g/mol. The molecular weight excluding hydrogens is 184 g/mol. The van der Waals surface area contributed by atoms with Gasteiger partial charge in [0.05, 0.1) is 0 Å². The van der Waals surface area contributed by atoms with Crippen molar-refractivity contribution in [2.24, 2.45) is 0 Å². The zero-order valence-electron chi connectivity index (χ0n) is 8.41. The average Bonchev–Trinajstić information content (AvgIpc) is 2.45. The Labute approximate surface area is 83.4 Å². The van der Waals surface area contributed by atoms with Crippen LogP contribution in [0.5, 0.6) is 0 Å². The number of imide groups is 1. The fraction of sp³-hybridized carbons (Fsp3) is 0.778. The van der Waals surface area contributed by atoms with Crippen LogP contribution in [0.4, 0.5) is 4.79 Å². The van der Waals surface area contributed by atoms with Gasteiger partial charge in [-0.2, -0.15) is 0 Å². The van der Waals surface area contributed by atoms with Crippen molar-refractivity contribution in [2.75, 3.05) is 26.3 Å². The second-order valence-corrected chi connectivity index (χ2v) is 3.24. The quantitative estimate of drug-likeness (QED) is 0.497. The number of rotatable bonds is 6. The Balaban J connectivity index is 2.07. The Morgan fingerprint density at radius 3 is 2.79 bits per heavy atom. The molecule has 1 heterocycles. The van der Waals surface area contributed by atoms with E-state index in [1.807, 2.05) is 6.92 Å². The lowest BCUT2D eigenvalue weighted by molar-refractivity contribution is -0.118. The molecule has 14 heavy (non-hydrogen) atoms. The lowest BCUT2D eigenvalue weighted by Crippen LogP contribution is -2.29. The molecule has 0 bridgehead atoms. The summed E-state index contributed by atoms with van der Waals surface area (Å²) >= 11 is 0. The molecular formula is C9H16N2O3. The smallest absolute Gasteiger partial charge is 0.324 e. The van der Waals surface area contributed by atoms with E-state index in [4.69, 9.17) is 4.74 Å². The van der Waals surface area contributed by atoms with Gasteiger partial charge < -0.3 is 9.64 Å². The molecule has 0 unspecified atom stereocenters. The Kier molecular flexibility index (Phi) is 4.39. The molecule has 0 atom stereocenters. The number of ether oxygens (including phenoxy) is 1. The lowest BCUT2D eigenvalue weighted by Gasteiger charge is -2.12. The predicted molar refractivity (Wildman–Crippen MR) is 50.8 cm³/mol. The standard InChI is InChI=1S/C9H16N2O3/c1-2-5-14-6-3-4-11-7-8(12)10-9(11)13/h2-7H2,1H3,(H,10,12,13). The minimum absolute atomic E-state index is 0.187. The highest BCUT2D eigenvalue weighted by atomic mass is 16.5. The summed E-state index contributed by atoms with van der Waals surface area (Å²) in [4.78, 5) is 23.3. The highest BCUT2D eigenvalue weighted by molar-refractivity contribution is 6.01. The van der Waals surface area contributed by atoms with Crippen LogP contribution in [0.25, 0.3) is 0 Å². The van der Waals surface area contributed by atoms with E-state index in [0.717, 1.165) is 19.4 Å². The third kappa shape index (κ3) is 3.33. The number of urea groups is 1. The molecule has 3 amide bonds. The Morgan fingerprint density at radius 1 is 1.43 bits per heavy atom. The zero-order valence-corrected chi connectivity index (χ0v) is 8.41. The van der Waals surface area contributed by atoms with Gasteiger partial charge in [0.25, 0.3) is 0 Å². The van der Waals surface area contributed by atoms with E-state index in [0.29, 0.717) is 13.2 Å². The molecule has 0 aromatic carbocycles. The van der Waals surface area contributed by atoms with Crippen LogP contribution in [0.1, 0.15) is 19.8 Å². The van der Waals surface area contributed by atoms with Crippen molar-refractivity contribution in [3.05, 3.63) is 0 Å². The Bertz CT molecular complexity index is 218. The predicted octanol–water partition coefficient (Wildman–Crippen LogP) is 0.355. The van der Waals surface area contributed by atoms with Crippen molar-refractivity contribution >= 4 is 11.9 Å². The van der Waals surface area contributed by atoms with Crippen molar-refractivity contribution in [2.45, 2.75) is 19.8 Å². The number of carbonyl (C=O) groups excluding carboxylic acids is 2. The zero-order chi connectivity index (χ0) is 10.4. The molecule has 0 saturated carbocycles. The van der Waals surface area contributed by atoms with Crippen LogP contribution in [-0.2, 0) is 9.53 Å². The summed E-state index contributed by atoms with van der Waals surface area (Å²) in [5, 5.41) is 2.23. The maximum atomic E-state index is 11.1. The van der Waals surface area contributed by atoms with Gasteiger partial charge >= 0.3 is 6.03 Å². The van der Waals surface area contributed by atoms with E-state index in [1.54, 1.807) is 0 Å². The van der Waals surface area contributed by atoms with Gasteiger partial charge in [-0.25, -0.2) is 4.79 Å². The third-order valence-electron chi connectivity index (χ3n) is 1.93. The topological polar surface area (TPSA) is 58.6 Å². The first-order valence-electron chi connectivity index (χ1n) is 4.90. The second-order valence-electron chi connectivity index (χ2n) is 3.24. The summed E-state index contributed by atoms with van der Waals surface area (Å²) in [5.41, 5.74) is 0. The Hall–Kier alpha value is -1.10. The molecule has 0 spiro atoms. The summed E-state index contributed by atoms with van der Waals surface area (Å²) in [6, 6.07) is -0.287. The molecule has 1 saturated heterocycles. The van der Waals surface area contributed by atoms with Gasteiger partial charge in [-0.05, 0) is 12.8 Å². The van der Waals surface area contributed by atoms with E-state index in [2.05, 4.69) is 5.32 Å². The molecule has 0 aromatic heterocycles. The SMILES string of the molecule is CCCOCCCN1CC(=O)NC1=O. The van der Waals surface area contributed by atoms with Gasteiger partial charge in [-0.3, -0.25) is 10.1 Å². The summed E-state index contributed by atoms with van der Waals surface area (Å²) in [5.74, 6) is -0.218. The molecule has 0 radical (unpaired) electrons. The summed E-state index contributed by atoms with van der Waals surface area (Å²) in [7, 11) is 0. The van der Waals surface area contributed by atoms with E-state index >= 15 is 0 Å². The number of nitrogens with zero attached hydrogens (tertiary/aromatic N) is 1. The molecule has 1 rings (SSSR count). The minimum Gasteiger partial charge on any atom is -0.381 e. The van der Waals surface area contributed by atoms with Crippen molar-refractivity contribution in [3.63, 3.8) is 0 Å². The third-order valence-corrected chi connectivity index (χ3v) is 1.93. The molecule has 80 valence electrons. The average molecular weight is 200 g/mol. The maximum Gasteiger partial charge on any atom is 0.324 e. The largest absolute Gasteiger partial charge is 0.381 e. The van der Waals surface area contributed by atoms with Crippen molar-refractivity contribution in [1.29, 1.82) is 0 Å². The molecule has 0 aromatic rings. The molecule has 1 N–H and O–H groups in total. The highest BCUT2D eigenvalue weighted by Crippen LogP contribution is 1.99. The van der Waals surface area contributed by atoms with E-state index in [-0.39, 0.29) is 18.5 Å². The van der Waals surface area contributed by atoms with E-state index in [1.165, 1.54) is 4.90 Å². The molecule has 1 aliphatic heterocycles. The van der Waals surface area contributed by atoms with Crippen LogP contribution in [0.3, 0.4) is 0 Å². The maximum absolute atomic E-state index is 11.1. The fourth-order valence-corrected chi connectivity index (χ4v) is 1.27. The first kappa shape index (κ1) is 11.0. The van der Waals surface area contributed by atoms with Crippen molar-refractivity contribution < 1.29 is 14.3 Å². The Morgan fingerprint density at radius 2 is 2.21 bits per heavy atom. The van der Waals surface area contributed by atoms with Crippen LogP contribution in [-0.4, -0.2) is 43.1 Å². The highest BCUT2D eigenvalue weighted by Gasteiger charge is 2.25. The lowest BCUT2D eigenvalue weighted by atomic mass is 10.4. The fourth-order valence-electron chi connectivity index (χ4n) is 1.27. The van der Waals surface area contributed by atoms with Crippen molar-refractivity contribution in [3.8, 4) is 0 Å². The van der Waals surface area contributed by atoms with Crippen LogP contribution in [0.15, 0.2) is 0 Å². The molecule has 5 nitrogen and oxygen atoms in total. The number of hydrogen-bond donors (Lipinski definition) is 1. The number of amides is 3. The van der Waals surface area contributed by atoms with Crippen LogP contribution in [0.2, 0.25) is 0 Å². The number of hydrogen-bond acceptors (Lipinski definition) is 3. The molecule has 1 aliphatic rings. The number of nitrogens with one attached hydrogen (secondary N) is 1. The summed E-state index contributed by atoms with van der Waals surface area (Å²) < 4.78 is 5.26. The van der Waals surface area contributed by atoms with Crippen LogP contribution < -0.4 is 5.32 Å². The first-order chi connectivity index (χ1) is 6.74. The second kappa shape index (κ2) is 5.59. The number of carbonyl (C=O) groups is 2. The van der Waals surface area contributed by atoms with Gasteiger partial charge in [-0.1, -0.05) is 6.92 Å². The van der Waals surface area contributed by atoms with Gasteiger partial charge in [0.2, 0.25) is 5.91 Å². The summed E-state index contributed by atoms with van der Waals surface area (Å²) in [6.07, 6.45) is 1.78. The van der Waals surface area contributed by atoms with Gasteiger partial charge in [0, 0.05) is 19.8 Å². The van der Waals surface area contributed by atoms with Crippen molar-refractivity contribution in [1.82, 2.24) is 10.2 Å². The molecule has 1 fully saturated rings.